The summed E-state index contributed by atoms with van der Waals surface area (Å²) in [5, 5.41) is 20.8. The number of amides is 2. The van der Waals surface area contributed by atoms with Gasteiger partial charge in [-0.3, -0.25) is 9.59 Å². The summed E-state index contributed by atoms with van der Waals surface area (Å²) in [6, 6.07) is 3.68. The van der Waals surface area contributed by atoms with Crippen LogP contribution in [0, 0.1) is 0 Å². The highest BCUT2D eigenvalue weighted by Crippen LogP contribution is 2.26. The van der Waals surface area contributed by atoms with Crippen LogP contribution in [0.3, 0.4) is 0 Å². The Hall–Kier alpha value is -2.30. The molecule has 0 unspecified atom stereocenters. The molecule has 9 nitrogen and oxygen atoms in total. The average Bonchev–Trinajstić information content (AvgIpc) is 3.40. The summed E-state index contributed by atoms with van der Waals surface area (Å²) < 4.78 is 6.78. The third-order valence-corrected chi connectivity index (χ3v) is 6.08. The van der Waals surface area contributed by atoms with E-state index in [1.165, 1.54) is 16.0 Å². The summed E-state index contributed by atoms with van der Waals surface area (Å²) in [7, 11) is 0. The summed E-state index contributed by atoms with van der Waals surface area (Å²) in [4.78, 5) is 29.1. The van der Waals surface area contributed by atoms with Gasteiger partial charge in [0.05, 0.1) is 36.4 Å². The van der Waals surface area contributed by atoms with Gasteiger partial charge in [-0.25, -0.2) is 4.68 Å². The van der Waals surface area contributed by atoms with E-state index in [-0.39, 0.29) is 24.1 Å². The number of carbonyl (C=O) groups is 2. The van der Waals surface area contributed by atoms with Gasteiger partial charge in [-0.2, -0.15) is 0 Å². The molecule has 2 aliphatic rings. The maximum atomic E-state index is 12.5. The molecule has 0 saturated carbocycles. The molecular weight excluding hydrogens is 382 g/mol. The Balaban J connectivity index is 1.34. The van der Waals surface area contributed by atoms with E-state index in [4.69, 9.17) is 4.74 Å². The smallest absolute Gasteiger partial charge is 0.276 e. The lowest BCUT2D eigenvalue weighted by Crippen LogP contribution is -2.48. The van der Waals surface area contributed by atoms with E-state index in [0.29, 0.717) is 57.1 Å². The normalized spacial score (nSPS) is 19.6. The van der Waals surface area contributed by atoms with Crippen LogP contribution in [-0.2, 0) is 11.3 Å². The SMILES string of the molecule is O=C(c1cn(CC2(O)CCN(C(=O)c3cccs3)CC2)nn1)N1CCOCC1. The number of thiophene rings is 1. The second-order valence-electron chi connectivity index (χ2n) is 7.20. The third kappa shape index (κ3) is 4.08. The standard InChI is InChI=1S/C18H23N5O4S/c24-16(22-7-9-27-10-8-22)14-12-23(20-19-14)13-18(26)3-5-21(6-4-18)17(25)15-2-1-11-28-15/h1-2,11-12,26H,3-10,13H2. The zero-order valence-corrected chi connectivity index (χ0v) is 16.3. The minimum Gasteiger partial charge on any atom is -0.388 e. The lowest BCUT2D eigenvalue weighted by Gasteiger charge is -2.37. The van der Waals surface area contributed by atoms with Crippen molar-refractivity contribution in [2.45, 2.75) is 25.0 Å². The van der Waals surface area contributed by atoms with Crippen molar-refractivity contribution in [2.24, 2.45) is 0 Å². The highest BCUT2D eigenvalue weighted by atomic mass is 32.1. The van der Waals surface area contributed by atoms with Crippen molar-refractivity contribution in [3.63, 3.8) is 0 Å². The van der Waals surface area contributed by atoms with Crippen LogP contribution in [0.15, 0.2) is 23.7 Å². The summed E-state index contributed by atoms with van der Waals surface area (Å²) in [6.07, 6.45) is 2.49. The van der Waals surface area contributed by atoms with Crippen LogP contribution in [0.1, 0.15) is 33.0 Å². The first-order valence-corrected chi connectivity index (χ1v) is 10.2. The number of piperidine rings is 1. The molecule has 2 saturated heterocycles. The number of aliphatic hydroxyl groups is 1. The molecule has 0 atom stereocenters. The molecule has 28 heavy (non-hydrogen) atoms. The number of morpholine rings is 1. The molecule has 0 bridgehead atoms. The largest absolute Gasteiger partial charge is 0.388 e. The number of aromatic nitrogens is 3. The lowest BCUT2D eigenvalue weighted by atomic mass is 9.91. The molecule has 0 aliphatic carbocycles. The molecule has 4 rings (SSSR count). The molecule has 2 aliphatic heterocycles. The van der Waals surface area contributed by atoms with Gasteiger partial charge in [-0.15, -0.1) is 16.4 Å². The number of hydrogen-bond donors (Lipinski definition) is 1. The van der Waals surface area contributed by atoms with E-state index in [2.05, 4.69) is 10.3 Å². The molecule has 4 heterocycles. The molecule has 2 fully saturated rings. The molecule has 10 heteroatoms. The van der Waals surface area contributed by atoms with Crippen molar-refractivity contribution in [2.75, 3.05) is 39.4 Å². The van der Waals surface area contributed by atoms with Crippen LogP contribution in [0.5, 0.6) is 0 Å². The van der Waals surface area contributed by atoms with Gasteiger partial charge in [0.2, 0.25) is 0 Å². The van der Waals surface area contributed by atoms with E-state index in [1.807, 2.05) is 17.5 Å². The van der Waals surface area contributed by atoms with E-state index >= 15 is 0 Å². The molecule has 2 amide bonds. The van der Waals surface area contributed by atoms with Crippen molar-refractivity contribution in [1.29, 1.82) is 0 Å². The molecule has 2 aromatic heterocycles. The Morgan fingerprint density at radius 1 is 1.14 bits per heavy atom. The number of rotatable bonds is 4. The van der Waals surface area contributed by atoms with E-state index in [1.54, 1.807) is 16.0 Å². The average molecular weight is 405 g/mol. The van der Waals surface area contributed by atoms with Crippen LogP contribution >= 0.6 is 11.3 Å². The predicted octanol–water partition coefficient (Wildman–Crippen LogP) is 0.479. The van der Waals surface area contributed by atoms with Gasteiger partial charge in [0, 0.05) is 26.2 Å². The van der Waals surface area contributed by atoms with Gasteiger partial charge in [0.25, 0.3) is 11.8 Å². The highest BCUT2D eigenvalue weighted by Gasteiger charge is 2.35. The Morgan fingerprint density at radius 3 is 2.54 bits per heavy atom. The van der Waals surface area contributed by atoms with E-state index in [0.717, 1.165) is 0 Å². The first-order chi connectivity index (χ1) is 13.5. The van der Waals surface area contributed by atoms with Crippen molar-refractivity contribution in [3.8, 4) is 0 Å². The molecule has 0 aromatic carbocycles. The Morgan fingerprint density at radius 2 is 1.86 bits per heavy atom. The summed E-state index contributed by atoms with van der Waals surface area (Å²) >= 11 is 1.42. The Kier molecular flexibility index (Phi) is 5.42. The first-order valence-electron chi connectivity index (χ1n) is 9.36. The molecule has 1 N–H and O–H groups in total. The topological polar surface area (TPSA) is 101 Å². The second-order valence-corrected chi connectivity index (χ2v) is 8.15. The zero-order chi connectivity index (χ0) is 19.6. The van der Waals surface area contributed by atoms with Gasteiger partial charge in [-0.1, -0.05) is 11.3 Å². The Labute approximate surface area is 166 Å². The minimum absolute atomic E-state index is 0.0104. The summed E-state index contributed by atoms with van der Waals surface area (Å²) in [5.74, 6) is -0.158. The van der Waals surface area contributed by atoms with Gasteiger partial charge in [0.15, 0.2) is 5.69 Å². The van der Waals surface area contributed by atoms with Crippen LogP contribution in [0.4, 0.5) is 0 Å². The van der Waals surface area contributed by atoms with Crippen LogP contribution in [-0.4, -0.2) is 86.7 Å². The second kappa shape index (κ2) is 7.98. The zero-order valence-electron chi connectivity index (χ0n) is 15.5. The monoisotopic (exact) mass is 405 g/mol. The molecule has 150 valence electrons. The van der Waals surface area contributed by atoms with Crippen LogP contribution in [0.2, 0.25) is 0 Å². The predicted molar refractivity (Wildman–Crippen MR) is 101 cm³/mol. The van der Waals surface area contributed by atoms with Gasteiger partial charge >= 0.3 is 0 Å². The number of nitrogens with zero attached hydrogens (tertiary/aromatic N) is 5. The number of ether oxygens (including phenoxy) is 1. The van der Waals surface area contributed by atoms with Crippen molar-refractivity contribution >= 4 is 23.2 Å². The summed E-state index contributed by atoms with van der Waals surface area (Å²) in [5.41, 5.74) is -0.699. The fraction of sp³-hybridized carbons (Fsp3) is 0.556. The van der Waals surface area contributed by atoms with Crippen LogP contribution < -0.4 is 0 Å². The van der Waals surface area contributed by atoms with Crippen LogP contribution in [0.25, 0.3) is 0 Å². The fourth-order valence-corrected chi connectivity index (χ4v) is 4.23. The molecule has 0 radical (unpaired) electrons. The minimum atomic E-state index is -0.973. The van der Waals surface area contributed by atoms with Gasteiger partial charge in [0.1, 0.15) is 0 Å². The Bertz CT molecular complexity index is 823. The summed E-state index contributed by atoms with van der Waals surface area (Å²) in [6.45, 7) is 3.37. The molecule has 0 spiro atoms. The van der Waals surface area contributed by atoms with Gasteiger partial charge < -0.3 is 19.6 Å². The quantitative estimate of drug-likeness (QED) is 0.794. The van der Waals surface area contributed by atoms with Crippen molar-refractivity contribution < 1.29 is 19.4 Å². The number of likely N-dealkylation sites (tertiary alicyclic amines) is 1. The highest BCUT2D eigenvalue weighted by molar-refractivity contribution is 7.12. The lowest BCUT2D eigenvalue weighted by molar-refractivity contribution is -0.0317. The van der Waals surface area contributed by atoms with Gasteiger partial charge in [-0.05, 0) is 24.3 Å². The first kappa shape index (κ1) is 19.0. The van der Waals surface area contributed by atoms with E-state index in [9.17, 15) is 14.7 Å². The van der Waals surface area contributed by atoms with Crippen molar-refractivity contribution in [3.05, 3.63) is 34.3 Å². The number of carbonyl (C=O) groups excluding carboxylic acids is 2. The third-order valence-electron chi connectivity index (χ3n) is 5.23. The number of hydrogen-bond acceptors (Lipinski definition) is 7. The molecular formula is C18H23N5O4S. The molecule has 2 aromatic rings. The maximum absolute atomic E-state index is 12.5. The van der Waals surface area contributed by atoms with E-state index < -0.39 is 5.60 Å². The maximum Gasteiger partial charge on any atom is 0.276 e. The van der Waals surface area contributed by atoms with Crippen molar-refractivity contribution in [1.82, 2.24) is 24.8 Å². The fourth-order valence-electron chi connectivity index (χ4n) is 3.54.